The molecule has 13 heavy (non-hydrogen) atoms. The minimum absolute atomic E-state index is 0.0149. The van der Waals surface area contributed by atoms with E-state index in [-0.39, 0.29) is 5.01 Å². The van der Waals surface area contributed by atoms with Gasteiger partial charge in [0.2, 0.25) is 0 Å². The molecule has 0 aliphatic carbocycles. The van der Waals surface area contributed by atoms with Crippen LogP contribution in [0.15, 0.2) is 14.7 Å². The smallest absolute Gasteiger partial charge is 0.436 e. The highest BCUT2D eigenvalue weighted by atomic mass is 32.2. The SMILES string of the molecule is O=C(O)N1N=NC(N=S(=O)=O)C1=O. The van der Waals surface area contributed by atoms with Gasteiger partial charge >= 0.3 is 22.5 Å². The highest BCUT2D eigenvalue weighted by Gasteiger charge is 2.35. The van der Waals surface area contributed by atoms with Crippen molar-refractivity contribution in [3.63, 3.8) is 0 Å². The Morgan fingerprint density at radius 3 is 2.62 bits per heavy atom. The lowest BCUT2D eigenvalue weighted by molar-refractivity contribution is -0.127. The molecule has 70 valence electrons. The summed E-state index contributed by atoms with van der Waals surface area (Å²) in [6.07, 6.45) is -3.24. The van der Waals surface area contributed by atoms with E-state index in [9.17, 15) is 18.0 Å². The summed E-state index contributed by atoms with van der Waals surface area (Å²) in [6.45, 7) is 0. The average molecular weight is 206 g/mol. The van der Waals surface area contributed by atoms with Crippen molar-refractivity contribution in [2.24, 2.45) is 14.7 Å². The molecule has 0 saturated carbocycles. The Labute approximate surface area is 72.4 Å². The summed E-state index contributed by atoms with van der Waals surface area (Å²) in [7, 11) is -2.82. The molecular weight excluding hydrogens is 204 g/mol. The Kier molecular flexibility index (Phi) is 2.32. The highest BCUT2D eigenvalue weighted by Crippen LogP contribution is 2.11. The maximum atomic E-state index is 10.9. The van der Waals surface area contributed by atoms with Gasteiger partial charge in [-0.1, -0.05) is 5.22 Å². The van der Waals surface area contributed by atoms with Crippen LogP contribution in [0, 0.1) is 0 Å². The van der Waals surface area contributed by atoms with E-state index in [2.05, 4.69) is 14.7 Å². The van der Waals surface area contributed by atoms with Gasteiger partial charge < -0.3 is 5.11 Å². The Morgan fingerprint density at radius 1 is 1.62 bits per heavy atom. The molecule has 10 heteroatoms. The third kappa shape index (κ3) is 1.84. The van der Waals surface area contributed by atoms with Gasteiger partial charge in [0, 0.05) is 0 Å². The Hall–Kier alpha value is -1.84. The van der Waals surface area contributed by atoms with E-state index in [1.165, 1.54) is 0 Å². The van der Waals surface area contributed by atoms with E-state index in [0.717, 1.165) is 0 Å². The number of amides is 2. The first-order chi connectivity index (χ1) is 6.02. The second-order valence-corrected chi connectivity index (χ2v) is 2.48. The minimum atomic E-state index is -2.82. The summed E-state index contributed by atoms with van der Waals surface area (Å²) in [5.41, 5.74) is 0. The number of hydrogen-bond acceptors (Lipinski definition) is 7. The van der Waals surface area contributed by atoms with Gasteiger partial charge in [0.25, 0.3) is 6.17 Å². The number of carbonyl (C=O) groups is 2. The maximum Gasteiger partial charge on any atom is 0.436 e. The minimum Gasteiger partial charge on any atom is -0.463 e. The monoisotopic (exact) mass is 206 g/mol. The van der Waals surface area contributed by atoms with E-state index < -0.39 is 28.7 Å². The Morgan fingerprint density at radius 2 is 2.23 bits per heavy atom. The van der Waals surface area contributed by atoms with Crippen molar-refractivity contribution < 1.29 is 23.1 Å². The van der Waals surface area contributed by atoms with Crippen LogP contribution < -0.4 is 0 Å². The summed E-state index contributed by atoms with van der Waals surface area (Å²) in [5, 5.41) is 14.2. The molecule has 0 aromatic rings. The first-order valence-corrected chi connectivity index (χ1v) is 3.83. The summed E-state index contributed by atoms with van der Waals surface area (Å²) in [4.78, 5) is 21.1. The van der Waals surface area contributed by atoms with Crippen LogP contribution in [0.1, 0.15) is 0 Å². The fraction of sp³-hybridized carbons (Fsp3) is 0.333. The normalized spacial score (nSPS) is 20.5. The second kappa shape index (κ2) is 3.26. The summed E-state index contributed by atoms with van der Waals surface area (Å²) in [5.74, 6) is -1.11. The molecule has 9 nitrogen and oxygen atoms in total. The van der Waals surface area contributed by atoms with Crippen LogP contribution in [0.25, 0.3) is 0 Å². The van der Waals surface area contributed by atoms with E-state index >= 15 is 0 Å². The number of hydrogen-bond donors (Lipinski definition) is 1. The van der Waals surface area contributed by atoms with E-state index in [4.69, 9.17) is 5.11 Å². The average Bonchev–Trinajstić information content (AvgIpc) is 2.32. The third-order valence-electron chi connectivity index (χ3n) is 1.05. The lowest BCUT2D eigenvalue weighted by Crippen LogP contribution is -2.31. The molecule has 0 radical (unpaired) electrons. The van der Waals surface area contributed by atoms with Crippen LogP contribution in [0.4, 0.5) is 4.79 Å². The molecule has 1 unspecified atom stereocenters. The topological polar surface area (TPSA) is 129 Å². The zero-order chi connectivity index (χ0) is 10.0. The highest BCUT2D eigenvalue weighted by molar-refractivity contribution is 7.61. The number of imide groups is 1. The molecule has 0 bridgehead atoms. The maximum absolute atomic E-state index is 10.9. The van der Waals surface area contributed by atoms with Crippen molar-refractivity contribution in [3.05, 3.63) is 0 Å². The van der Waals surface area contributed by atoms with Crippen molar-refractivity contribution >= 4 is 22.5 Å². The van der Waals surface area contributed by atoms with E-state index in [0.29, 0.717) is 0 Å². The van der Waals surface area contributed by atoms with Gasteiger partial charge in [0.15, 0.2) is 0 Å². The lowest BCUT2D eigenvalue weighted by Gasteiger charge is -2.00. The predicted molar refractivity (Wildman–Crippen MR) is 34.9 cm³/mol. The zero-order valence-electron chi connectivity index (χ0n) is 5.85. The van der Waals surface area contributed by atoms with Gasteiger partial charge in [-0.05, 0) is 0 Å². The first kappa shape index (κ1) is 9.25. The molecule has 1 aliphatic rings. The number of rotatable bonds is 1. The van der Waals surface area contributed by atoms with Gasteiger partial charge in [-0.15, -0.1) is 14.5 Å². The summed E-state index contributed by atoms with van der Waals surface area (Å²) < 4.78 is 22.8. The first-order valence-electron chi connectivity index (χ1n) is 2.80. The fourth-order valence-corrected chi connectivity index (χ4v) is 0.879. The summed E-state index contributed by atoms with van der Waals surface area (Å²) in [6, 6.07) is 0. The molecule has 0 aromatic carbocycles. The molecule has 1 rings (SSSR count). The van der Waals surface area contributed by atoms with Gasteiger partial charge in [0.05, 0.1) is 0 Å². The van der Waals surface area contributed by atoms with Crippen molar-refractivity contribution in [2.45, 2.75) is 6.17 Å². The molecule has 0 aromatic heterocycles. The van der Waals surface area contributed by atoms with Crippen LogP contribution in [0.5, 0.6) is 0 Å². The molecule has 1 atom stereocenters. The van der Waals surface area contributed by atoms with E-state index in [1.807, 2.05) is 0 Å². The molecule has 0 saturated heterocycles. The van der Waals surface area contributed by atoms with Gasteiger partial charge in [-0.3, -0.25) is 4.79 Å². The quantitative estimate of drug-likeness (QED) is 0.604. The van der Waals surface area contributed by atoms with Crippen LogP contribution in [0.3, 0.4) is 0 Å². The second-order valence-electron chi connectivity index (χ2n) is 1.83. The Balaban J connectivity index is 2.91. The van der Waals surface area contributed by atoms with Crippen LogP contribution in [0.2, 0.25) is 0 Å². The van der Waals surface area contributed by atoms with Gasteiger partial charge in [-0.25, -0.2) is 4.79 Å². The standard InChI is InChI=1S/C3H2N4O5S/c8-2-1(5-13(11)12)4-6-7(2)3(9)10/h1H,(H,9,10). The molecule has 0 spiro atoms. The Bertz CT molecular complexity index is 401. The molecule has 0 fully saturated rings. The number of nitrogens with zero attached hydrogens (tertiary/aromatic N) is 4. The molecule has 1 N–H and O–H groups in total. The van der Waals surface area contributed by atoms with Gasteiger partial charge in [0.1, 0.15) is 0 Å². The van der Waals surface area contributed by atoms with Crippen molar-refractivity contribution in [1.29, 1.82) is 0 Å². The molecule has 1 aliphatic heterocycles. The van der Waals surface area contributed by atoms with Gasteiger partial charge in [-0.2, -0.15) is 8.42 Å². The van der Waals surface area contributed by atoms with E-state index in [1.54, 1.807) is 0 Å². The molecule has 1 heterocycles. The largest absolute Gasteiger partial charge is 0.463 e. The third-order valence-corrected chi connectivity index (χ3v) is 1.42. The predicted octanol–water partition coefficient (Wildman–Crippen LogP) is -0.737. The lowest BCUT2D eigenvalue weighted by atomic mass is 10.5. The molecule has 2 amide bonds. The van der Waals surface area contributed by atoms with Crippen molar-refractivity contribution in [2.75, 3.05) is 0 Å². The van der Waals surface area contributed by atoms with Crippen LogP contribution in [-0.2, 0) is 15.3 Å². The number of carbonyl (C=O) groups excluding carboxylic acids is 1. The summed E-state index contributed by atoms with van der Waals surface area (Å²) >= 11 is 0. The number of carboxylic acid groups (broad SMARTS) is 1. The fourth-order valence-electron chi connectivity index (χ4n) is 0.584. The zero-order valence-corrected chi connectivity index (χ0v) is 6.67. The molecular formula is C3H2N4O5S. The van der Waals surface area contributed by atoms with Crippen molar-refractivity contribution in [3.8, 4) is 0 Å². The van der Waals surface area contributed by atoms with Crippen molar-refractivity contribution in [1.82, 2.24) is 5.01 Å². The van der Waals surface area contributed by atoms with Crippen LogP contribution in [-0.4, -0.2) is 36.7 Å². The van der Waals surface area contributed by atoms with Crippen LogP contribution >= 0.6 is 0 Å².